The molecule has 1 nitrogen and oxygen atoms in total. The first-order valence-corrected chi connectivity index (χ1v) is 13.6. The van der Waals surface area contributed by atoms with Gasteiger partial charge < -0.3 is 0 Å². The van der Waals surface area contributed by atoms with Crippen LogP contribution < -0.4 is 0 Å². The quantitative estimate of drug-likeness (QED) is 0.447. The molecular formula is C29H52O. The molecular weight excluding hydrogens is 364 g/mol. The second-order valence-electron chi connectivity index (χ2n) is 12.9. The first-order valence-electron chi connectivity index (χ1n) is 13.6. The highest BCUT2D eigenvalue weighted by atomic mass is 16.1. The van der Waals surface area contributed by atoms with Crippen molar-refractivity contribution in [3.05, 3.63) is 0 Å². The van der Waals surface area contributed by atoms with E-state index in [1.54, 1.807) is 0 Å². The fourth-order valence-corrected chi connectivity index (χ4v) is 9.00. The van der Waals surface area contributed by atoms with Gasteiger partial charge in [-0.1, -0.05) is 67.7 Å². The van der Waals surface area contributed by atoms with Gasteiger partial charge >= 0.3 is 0 Å². The Hall–Kier alpha value is -0.330. The Morgan fingerprint density at radius 2 is 1.57 bits per heavy atom. The minimum Gasteiger partial charge on any atom is -0.299 e. The van der Waals surface area contributed by atoms with Crippen molar-refractivity contribution in [2.45, 2.75) is 132 Å². The van der Waals surface area contributed by atoms with Crippen LogP contribution in [0.5, 0.6) is 0 Å². The average Bonchev–Trinajstić information content (AvgIpc) is 3.08. The average molecular weight is 417 g/mol. The molecule has 0 radical (unpaired) electrons. The predicted octanol–water partition coefficient (Wildman–Crippen LogP) is 8.85. The van der Waals surface area contributed by atoms with E-state index < -0.39 is 0 Å². The van der Waals surface area contributed by atoms with E-state index in [1.165, 1.54) is 70.6 Å². The number of fused-ring (bicyclic) bond motifs is 5. The van der Waals surface area contributed by atoms with Crippen LogP contribution in [0.4, 0.5) is 0 Å². The lowest BCUT2D eigenvalue weighted by Gasteiger charge is -2.64. The summed E-state index contributed by atoms with van der Waals surface area (Å²) in [5, 5.41) is 0. The number of rotatable bonds is 4. The summed E-state index contributed by atoms with van der Waals surface area (Å²) in [7, 11) is 0. The lowest BCUT2D eigenvalue weighted by atomic mass is 9.41. The molecule has 0 aromatic heterocycles. The maximum Gasteiger partial charge on any atom is 0.135 e. The smallest absolute Gasteiger partial charge is 0.135 e. The fourth-order valence-electron chi connectivity index (χ4n) is 9.00. The SMILES string of the molecule is CC(C)C(=O)CC[C@@]1(C)CCC[C@@]2(C)C3CC[C@@]4(C)CCCC4C3CCC12.CCC. The first kappa shape index (κ1) is 24.3. The summed E-state index contributed by atoms with van der Waals surface area (Å²) in [4.78, 5) is 12.4. The maximum absolute atomic E-state index is 12.4. The van der Waals surface area contributed by atoms with Crippen molar-refractivity contribution in [3.8, 4) is 0 Å². The monoisotopic (exact) mass is 416 g/mol. The van der Waals surface area contributed by atoms with E-state index >= 15 is 0 Å². The van der Waals surface area contributed by atoms with Crippen LogP contribution in [0.2, 0.25) is 0 Å². The molecule has 0 bridgehead atoms. The Labute approximate surface area is 188 Å². The third kappa shape index (κ3) is 4.30. The van der Waals surface area contributed by atoms with Crippen LogP contribution in [0.25, 0.3) is 0 Å². The highest BCUT2D eigenvalue weighted by Gasteiger charge is 2.60. The van der Waals surface area contributed by atoms with Gasteiger partial charge in [0, 0.05) is 12.3 Å². The van der Waals surface area contributed by atoms with Crippen LogP contribution in [0.1, 0.15) is 132 Å². The molecule has 4 aliphatic rings. The largest absolute Gasteiger partial charge is 0.299 e. The lowest BCUT2D eigenvalue weighted by molar-refractivity contribution is -0.148. The molecule has 0 aromatic carbocycles. The van der Waals surface area contributed by atoms with Gasteiger partial charge in [0.2, 0.25) is 0 Å². The summed E-state index contributed by atoms with van der Waals surface area (Å²) in [5.41, 5.74) is 1.62. The number of carbonyl (C=O) groups excluding carboxylic acids is 1. The van der Waals surface area contributed by atoms with E-state index in [0.717, 1.165) is 36.5 Å². The second-order valence-corrected chi connectivity index (χ2v) is 12.9. The third-order valence-corrected chi connectivity index (χ3v) is 10.5. The van der Waals surface area contributed by atoms with E-state index in [9.17, 15) is 4.79 Å². The Bertz CT molecular complexity index is 593. The predicted molar refractivity (Wildman–Crippen MR) is 129 cm³/mol. The summed E-state index contributed by atoms with van der Waals surface area (Å²) in [5.74, 6) is 4.53. The highest BCUT2D eigenvalue weighted by molar-refractivity contribution is 5.80. The normalized spacial score (nSPS) is 45.1. The number of ketones is 1. The zero-order valence-electron chi connectivity index (χ0n) is 21.5. The van der Waals surface area contributed by atoms with Crippen molar-refractivity contribution in [2.75, 3.05) is 0 Å². The molecule has 4 rings (SSSR count). The van der Waals surface area contributed by atoms with Crippen molar-refractivity contribution in [3.63, 3.8) is 0 Å². The molecule has 4 saturated carbocycles. The van der Waals surface area contributed by atoms with Crippen LogP contribution in [-0.4, -0.2) is 5.78 Å². The Morgan fingerprint density at radius 3 is 2.23 bits per heavy atom. The van der Waals surface area contributed by atoms with Gasteiger partial charge in [-0.2, -0.15) is 0 Å². The standard InChI is InChI=1S/C26H44O.C3H8/c1-18(2)22(27)12-17-25(4)14-7-15-26(5)21-11-16-24(3)13-6-8-20(24)19(21)9-10-23(25)26;1-3-2/h18-21,23H,6-17H2,1-5H3;3H2,1-2H3/t19?,20?,21?,23?,24-,25-,26+;/m1./s1. The van der Waals surface area contributed by atoms with Crippen LogP contribution in [0.15, 0.2) is 0 Å². The minimum atomic E-state index is 0.206. The number of hydrogen-bond acceptors (Lipinski definition) is 1. The van der Waals surface area contributed by atoms with E-state index in [2.05, 4.69) is 48.5 Å². The Kier molecular flexibility index (Phi) is 7.51. The molecule has 7 atom stereocenters. The Balaban J connectivity index is 0.000000806. The fraction of sp³-hybridized carbons (Fsp3) is 0.966. The zero-order chi connectivity index (χ0) is 22.2. The maximum atomic E-state index is 12.4. The first-order chi connectivity index (χ1) is 14.1. The molecule has 0 heterocycles. The summed E-state index contributed by atoms with van der Waals surface area (Å²) >= 11 is 0. The zero-order valence-corrected chi connectivity index (χ0v) is 21.5. The van der Waals surface area contributed by atoms with Gasteiger partial charge in [-0.3, -0.25) is 4.79 Å². The summed E-state index contributed by atoms with van der Waals surface area (Å²) in [6, 6.07) is 0. The van der Waals surface area contributed by atoms with E-state index in [0.29, 0.717) is 22.0 Å². The summed E-state index contributed by atoms with van der Waals surface area (Å²) in [6.45, 7) is 16.3. The van der Waals surface area contributed by atoms with Gasteiger partial charge in [0.25, 0.3) is 0 Å². The van der Waals surface area contributed by atoms with Crippen molar-refractivity contribution in [2.24, 2.45) is 45.8 Å². The lowest BCUT2D eigenvalue weighted by Crippen LogP contribution is -2.56. The van der Waals surface area contributed by atoms with Gasteiger partial charge in [-0.05, 0) is 97.7 Å². The molecule has 0 amide bonds. The molecule has 0 saturated heterocycles. The molecule has 1 heteroatoms. The number of Topliss-reactive ketones (excluding diaryl/α,β-unsaturated/α-hetero) is 1. The third-order valence-electron chi connectivity index (χ3n) is 10.5. The van der Waals surface area contributed by atoms with Gasteiger partial charge in [0.05, 0.1) is 0 Å². The van der Waals surface area contributed by atoms with Crippen LogP contribution >= 0.6 is 0 Å². The van der Waals surface area contributed by atoms with Crippen LogP contribution in [-0.2, 0) is 4.79 Å². The molecule has 4 aliphatic carbocycles. The van der Waals surface area contributed by atoms with Crippen molar-refractivity contribution < 1.29 is 4.79 Å². The number of carbonyl (C=O) groups is 1. The van der Waals surface area contributed by atoms with Crippen molar-refractivity contribution in [1.29, 1.82) is 0 Å². The molecule has 4 fully saturated rings. The van der Waals surface area contributed by atoms with E-state index in [4.69, 9.17) is 0 Å². The summed E-state index contributed by atoms with van der Waals surface area (Å²) in [6.07, 6.45) is 17.8. The highest BCUT2D eigenvalue weighted by Crippen LogP contribution is 2.69. The van der Waals surface area contributed by atoms with E-state index in [-0.39, 0.29) is 5.92 Å². The van der Waals surface area contributed by atoms with Gasteiger partial charge in [0.15, 0.2) is 0 Å². The molecule has 30 heavy (non-hydrogen) atoms. The summed E-state index contributed by atoms with van der Waals surface area (Å²) < 4.78 is 0. The van der Waals surface area contributed by atoms with Gasteiger partial charge in [0.1, 0.15) is 5.78 Å². The van der Waals surface area contributed by atoms with Crippen molar-refractivity contribution in [1.82, 2.24) is 0 Å². The molecule has 0 aliphatic heterocycles. The van der Waals surface area contributed by atoms with Crippen molar-refractivity contribution >= 4 is 5.78 Å². The van der Waals surface area contributed by atoms with Gasteiger partial charge in [-0.25, -0.2) is 0 Å². The van der Waals surface area contributed by atoms with E-state index in [1.807, 2.05) is 0 Å². The minimum absolute atomic E-state index is 0.206. The second kappa shape index (κ2) is 9.27. The molecule has 4 unspecified atom stereocenters. The molecule has 0 spiro atoms. The Morgan fingerprint density at radius 1 is 0.867 bits per heavy atom. The topological polar surface area (TPSA) is 17.1 Å². The molecule has 0 N–H and O–H groups in total. The van der Waals surface area contributed by atoms with Crippen LogP contribution in [0, 0.1) is 45.8 Å². The number of hydrogen-bond donors (Lipinski definition) is 0. The van der Waals surface area contributed by atoms with Gasteiger partial charge in [-0.15, -0.1) is 0 Å². The molecule has 0 aromatic rings. The molecule has 174 valence electrons. The van der Waals surface area contributed by atoms with Crippen LogP contribution in [0.3, 0.4) is 0 Å².